The molecule has 0 spiro atoms. The summed E-state index contributed by atoms with van der Waals surface area (Å²) in [6.07, 6.45) is 5.55. The number of nitrogens with zero attached hydrogens (tertiary/aromatic N) is 1. The molecule has 1 atom stereocenters. The van der Waals surface area contributed by atoms with E-state index in [9.17, 15) is 0 Å². The van der Waals surface area contributed by atoms with E-state index in [4.69, 9.17) is 5.73 Å². The van der Waals surface area contributed by atoms with Crippen molar-refractivity contribution in [2.45, 2.75) is 32.7 Å². The molecule has 2 rings (SSSR count). The monoisotopic (exact) mass is 347 g/mol. The predicted octanol–water partition coefficient (Wildman–Crippen LogP) is 4.02. The molecule has 3 N–H and O–H groups in total. The van der Waals surface area contributed by atoms with Gasteiger partial charge in [0.1, 0.15) is 0 Å². The van der Waals surface area contributed by atoms with E-state index >= 15 is 0 Å². The van der Waals surface area contributed by atoms with E-state index in [-0.39, 0.29) is 6.04 Å². The van der Waals surface area contributed by atoms with Gasteiger partial charge in [0.25, 0.3) is 0 Å². The van der Waals surface area contributed by atoms with Crippen LogP contribution < -0.4 is 11.1 Å². The predicted molar refractivity (Wildman–Crippen MR) is 92.3 cm³/mol. The Kier molecular flexibility index (Phi) is 5.76. The summed E-state index contributed by atoms with van der Waals surface area (Å²) < 4.78 is 1.11. The number of aromatic nitrogens is 1. The second-order valence-corrected chi connectivity index (χ2v) is 6.20. The third-order valence-corrected chi connectivity index (χ3v) is 4.11. The fraction of sp³-hybridized carbons (Fsp3) is 0.353. The molecule has 0 aliphatic carbocycles. The Balaban J connectivity index is 2.27. The second kappa shape index (κ2) is 7.57. The molecule has 1 aromatic carbocycles. The molecule has 0 bridgehead atoms. The maximum atomic E-state index is 6.06. The molecule has 112 valence electrons. The molecule has 0 fully saturated rings. The molecule has 0 aliphatic heterocycles. The smallest absolute Gasteiger partial charge is 0.0378 e. The average molecular weight is 348 g/mol. The molecule has 1 aromatic heterocycles. The summed E-state index contributed by atoms with van der Waals surface area (Å²) >= 11 is 3.53. The van der Waals surface area contributed by atoms with Crippen LogP contribution in [0.2, 0.25) is 0 Å². The Morgan fingerprint density at radius 3 is 2.81 bits per heavy atom. The zero-order valence-electron chi connectivity index (χ0n) is 12.6. The number of nitrogens with one attached hydrogen (secondary N) is 1. The average Bonchev–Trinajstić information content (AvgIpc) is 2.46. The Hall–Kier alpha value is -1.39. The van der Waals surface area contributed by atoms with Gasteiger partial charge >= 0.3 is 0 Å². The number of anilines is 1. The highest BCUT2D eigenvalue weighted by Gasteiger charge is 2.15. The van der Waals surface area contributed by atoms with Gasteiger partial charge in [0.2, 0.25) is 0 Å². The highest BCUT2D eigenvalue weighted by molar-refractivity contribution is 9.10. The lowest BCUT2D eigenvalue weighted by Gasteiger charge is -2.22. The maximum Gasteiger partial charge on any atom is 0.0378 e. The zero-order valence-corrected chi connectivity index (χ0v) is 14.2. The van der Waals surface area contributed by atoms with Gasteiger partial charge in [-0.15, -0.1) is 0 Å². The Labute approximate surface area is 135 Å². The van der Waals surface area contributed by atoms with Crippen LogP contribution >= 0.6 is 15.9 Å². The number of hydrogen-bond donors (Lipinski definition) is 2. The van der Waals surface area contributed by atoms with Crippen LogP contribution in [0.15, 0.2) is 41.1 Å². The lowest BCUT2D eigenvalue weighted by Crippen LogP contribution is -2.25. The Morgan fingerprint density at radius 1 is 1.33 bits per heavy atom. The number of aryl methyl sites for hydroxylation is 1. The van der Waals surface area contributed by atoms with Gasteiger partial charge in [0.05, 0.1) is 0 Å². The third kappa shape index (κ3) is 4.29. The minimum Gasteiger partial charge on any atom is -0.398 e. The van der Waals surface area contributed by atoms with E-state index < -0.39 is 0 Å². The number of benzene rings is 1. The van der Waals surface area contributed by atoms with Crippen molar-refractivity contribution in [3.8, 4) is 0 Å². The molecule has 1 unspecified atom stereocenters. The SMILES string of the molecule is CCCNC(Cc1cnccc1N)c1ccc(Br)cc1C. The second-order valence-electron chi connectivity index (χ2n) is 5.29. The van der Waals surface area contributed by atoms with Crippen LogP contribution in [0.5, 0.6) is 0 Å². The van der Waals surface area contributed by atoms with Crippen molar-refractivity contribution in [1.82, 2.24) is 10.3 Å². The van der Waals surface area contributed by atoms with Crippen LogP contribution in [0.3, 0.4) is 0 Å². The number of halogens is 1. The van der Waals surface area contributed by atoms with E-state index in [1.54, 1.807) is 6.20 Å². The van der Waals surface area contributed by atoms with Crippen molar-refractivity contribution in [3.63, 3.8) is 0 Å². The molecule has 0 radical (unpaired) electrons. The van der Waals surface area contributed by atoms with Crippen LogP contribution in [0.1, 0.15) is 36.1 Å². The van der Waals surface area contributed by atoms with Crippen LogP contribution in [0.25, 0.3) is 0 Å². The van der Waals surface area contributed by atoms with Gasteiger partial charge in [0, 0.05) is 28.6 Å². The van der Waals surface area contributed by atoms with Crippen molar-refractivity contribution < 1.29 is 0 Å². The number of pyridine rings is 1. The number of nitrogen functional groups attached to an aromatic ring is 1. The number of nitrogens with two attached hydrogens (primary N) is 1. The lowest BCUT2D eigenvalue weighted by molar-refractivity contribution is 0.527. The van der Waals surface area contributed by atoms with Gasteiger partial charge in [-0.1, -0.05) is 28.9 Å². The quantitative estimate of drug-likeness (QED) is 0.829. The van der Waals surface area contributed by atoms with E-state index in [1.165, 1.54) is 11.1 Å². The molecule has 1 heterocycles. The first-order chi connectivity index (χ1) is 10.1. The zero-order chi connectivity index (χ0) is 15.2. The first-order valence-electron chi connectivity index (χ1n) is 7.29. The molecule has 0 aliphatic rings. The van der Waals surface area contributed by atoms with Crippen molar-refractivity contribution >= 4 is 21.6 Å². The number of rotatable bonds is 6. The molecule has 0 amide bonds. The van der Waals surface area contributed by atoms with E-state index in [2.05, 4.69) is 58.3 Å². The van der Waals surface area contributed by atoms with Crippen molar-refractivity contribution in [2.75, 3.05) is 12.3 Å². The fourth-order valence-electron chi connectivity index (χ4n) is 2.47. The molecule has 3 nitrogen and oxygen atoms in total. The van der Waals surface area contributed by atoms with Crippen molar-refractivity contribution in [3.05, 3.63) is 57.8 Å². The number of hydrogen-bond acceptors (Lipinski definition) is 3. The molecule has 0 saturated heterocycles. The summed E-state index contributed by atoms with van der Waals surface area (Å²) in [5.74, 6) is 0. The summed E-state index contributed by atoms with van der Waals surface area (Å²) in [5.41, 5.74) is 10.6. The van der Waals surface area contributed by atoms with Gasteiger partial charge < -0.3 is 11.1 Å². The van der Waals surface area contributed by atoms with Gasteiger partial charge in [0.15, 0.2) is 0 Å². The summed E-state index contributed by atoms with van der Waals surface area (Å²) in [4.78, 5) is 4.19. The third-order valence-electron chi connectivity index (χ3n) is 3.61. The molecule has 4 heteroatoms. The first kappa shape index (κ1) is 16.0. The van der Waals surface area contributed by atoms with Crippen LogP contribution in [0, 0.1) is 6.92 Å². The molecule has 2 aromatic rings. The van der Waals surface area contributed by atoms with Crippen LogP contribution in [-0.2, 0) is 6.42 Å². The minimum atomic E-state index is 0.254. The van der Waals surface area contributed by atoms with Crippen LogP contribution in [0.4, 0.5) is 5.69 Å². The highest BCUT2D eigenvalue weighted by Crippen LogP contribution is 2.26. The molecular formula is C17H22BrN3. The summed E-state index contributed by atoms with van der Waals surface area (Å²) in [6.45, 7) is 5.31. The van der Waals surface area contributed by atoms with E-state index in [1.807, 2.05) is 12.3 Å². The molecule has 0 saturated carbocycles. The normalized spacial score (nSPS) is 12.3. The summed E-state index contributed by atoms with van der Waals surface area (Å²) in [7, 11) is 0. The largest absolute Gasteiger partial charge is 0.398 e. The fourth-order valence-corrected chi connectivity index (χ4v) is 2.94. The van der Waals surface area contributed by atoms with Gasteiger partial charge in [-0.25, -0.2) is 0 Å². The summed E-state index contributed by atoms with van der Waals surface area (Å²) in [5, 5.41) is 3.62. The highest BCUT2D eigenvalue weighted by atomic mass is 79.9. The summed E-state index contributed by atoms with van der Waals surface area (Å²) in [6, 6.07) is 8.54. The standard InChI is InChI=1S/C17H22BrN3/c1-3-7-21-17(10-13-11-20-8-6-16(13)19)15-5-4-14(18)9-12(15)2/h4-6,8-9,11,17,21H,3,7,10H2,1-2H3,(H2,19,20). The molecule has 21 heavy (non-hydrogen) atoms. The van der Waals surface area contributed by atoms with E-state index in [0.717, 1.165) is 35.1 Å². The Morgan fingerprint density at radius 2 is 2.14 bits per heavy atom. The maximum absolute atomic E-state index is 6.06. The van der Waals surface area contributed by atoms with Crippen molar-refractivity contribution in [2.24, 2.45) is 0 Å². The molecular weight excluding hydrogens is 326 g/mol. The van der Waals surface area contributed by atoms with Crippen molar-refractivity contribution in [1.29, 1.82) is 0 Å². The lowest BCUT2D eigenvalue weighted by atomic mass is 9.95. The van der Waals surface area contributed by atoms with Crippen LogP contribution in [-0.4, -0.2) is 11.5 Å². The van der Waals surface area contributed by atoms with Gasteiger partial charge in [-0.3, -0.25) is 4.98 Å². The Bertz CT molecular complexity index is 598. The van der Waals surface area contributed by atoms with E-state index in [0.29, 0.717) is 0 Å². The van der Waals surface area contributed by atoms with Gasteiger partial charge in [-0.05, 0) is 61.2 Å². The topological polar surface area (TPSA) is 50.9 Å². The minimum absolute atomic E-state index is 0.254. The first-order valence-corrected chi connectivity index (χ1v) is 8.09. The van der Waals surface area contributed by atoms with Gasteiger partial charge in [-0.2, -0.15) is 0 Å².